The average molecular weight is 446 g/mol. The molecule has 0 bridgehead atoms. The largest absolute Gasteiger partial charge is 0.458 e. The molecule has 0 saturated heterocycles. The quantitative estimate of drug-likeness (QED) is 0.154. The van der Waals surface area contributed by atoms with E-state index >= 15 is 0 Å². The van der Waals surface area contributed by atoms with Gasteiger partial charge in [0.05, 0.1) is 5.02 Å². The smallest absolute Gasteiger partial charge is 0.446 e. The first-order valence-electron chi connectivity index (χ1n) is 8.47. The number of anilines is 1. The molecule has 0 spiro atoms. The molecule has 1 unspecified atom stereocenters. The van der Waals surface area contributed by atoms with Gasteiger partial charge in [-0.3, -0.25) is 11.7 Å². The first-order chi connectivity index (χ1) is 13.7. The number of furan rings is 1. The lowest BCUT2D eigenvalue weighted by atomic mass is 10.1. The molecular weight excluding hydrogens is 427 g/mol. The molecule has 6 nitrogen and oxygen atoms in total. The maximum Gasteiger partial charge on any atom is 0.446 e. The number of halogens is 4. The third-order valence-corrected chi connectivity index (χ3v) is 5.45. The first kappa shape index (κ1) is 21.8. The minimum atomic E-state index is -4.39. The Morgan fingerprint density at radius 3 is 2.41 bits per heavy atom. The van der Waals surface area contributed by atoms with Gasteiger partial charge in [-0.2, -0.15) is 13.2 Å². The van der Waals surface area contributed by atoms with Crippen molar-refractivity contribution in [1.29, 1.82) is 0 Å². The van der Waals surface area contributed by atoms with E-state index in [0.29, 0.717) is 17.0 Å². The van der Waals surface area contributed by atoms with Crippen LogP contribution in [0, 0.1) is 0 Å². The fourth-order valence-corrected chi connectivity index (χ4v) is 3.68. The second-order valence-corrected chi connectivity index (χ2v) is 7.79. The molecule has 0 aliphatic rings. The highest BCUT2D eigenvalue weighted by molar-refractivity contribution is 8.00. The van der Waals surface area contributed by atoms with Crippen molar-refractivity contribution in [2.75, 3.05) is 5.32 Å². The van der Waals surface area contributed by atoms with Gasteiger partial charge in [-0.1, -0.05) is 17.7 Å². The summed E-state index contributed by atoms with van der Waals surface area (Å²) >= 11 is 5.76. The number of hydrazine groups is 2. The fourth-order valence-electron chi connectivity index (χ4n) is 2.84. The number of benzene rings is 2. The van der Waals surface area contributed by atoms with E-state index in [1.54, 1.807) is 6.07 Å². The van der Waals surface area contributed by atoms with Gasteiger partial charge in [0.15, 0.2) is 0 Å². The third-order valence-electron chi connectivity index (χ3n) is 4.22. The molecule has 0 radical (unpaired) electrons. The zero-order valence-corrected chi connectivity index (χ0v) is 16.8. The molecule has 3 rings (SSSR count). The maximum atomic E-state index is 12.5. The Morgan fingerprint density at radius 2 is 1.79 bits per heavy atom. The van der Waals surface area contributed by atoms with Crippen molar-refractivity contribution in [1.82, 2.24) is 10.9 Å². The zero-order chi connectivity index (χ0) is 21.2. The summed E-state index contributed by atoms with van der Waals surface area (Å²) in [5.41, 5.74) is 2.84. The van der Waals surface area contributed by atoms with Gasteiger partial charge >= 0.3 is 5.51 Å². The predicted molar refractivity (Wildman–Crippen MR) is 109 cm³/mol. The van der Waals surface area contributed by atoms with Gasteiger partial charge in [0.25, 0.3) is 0 Å². The van der Waals surface area contributed by atoms with Crippen LogP contribution in [-0.2, 0) is 0 Å². The summed E-state index contributed by atoms with van der Waals surface area (Å²) in [5, 5.41) is 4.13. The number of nitrogens with two attached hydrogens (primary N) is 2. The lowest BCUT2D eigenvalue weighted by Crippen LogP contribution is -2.41. The molecule has 156 valence electrons. The van der Waals surface area contributed by atoms with Gasteiger partial charge in [-0.15, -0.1) is 0 Å². The summed E-state index contributed by atoms with van der Waals surface area (Å²) in [6.45, 7) is 1.93. The van der Waals surface area contributed by atoms with Crippen LogP contribution in [0.1, 0.15) is 30.5 Å². The van der Waals surface area contributed by atoms with Crippen molar-refractivity contribution in [2.45, 2.75) is 29.5 Å². The minimum absolute atomic E-state index is 0.0362. The second kappa shape index (κ2) is 8.82. The molecule has 2 aromatic carbocycles. The number of fused-ring (bicyclic) bond motifs is 1. The van der Waals surface area contributed by atoms with E-state index in [1.807, 2.05) is 31.2 Å². The minimum Gasteiger partial charge on any atom is -0.458 e. The highest BCUT2D eigenvalue weighted by Crippen LogP contribution is 2.41. The molecule has 11 heteroatoms. The van der Waals surface area contributed by atoms with Crippen molar-refractivity contribution < 1.29 is 17.6 Å². The molecule has 0 fully saturated rings. The Morgan fingerprint density at radius 1 is 1.07 bits per heavy atom. The lowest BCUT2D eigenvalue weighted by Gasteiger charge is -2.17. The maximum absolute atomic E-state index is 12.5. The number of rotatable bonds is 7. The molecule has 0 aliphatic heterocycles. The number of hydrogen-bond donors (Lipinski definition) is 5. The molecule has 1 heterocycles. The number of alkyl halides is 3. The summed E-state index contributed by atoms with van der Waals surface area (Å²) in [6.07, 6.45) is -0.531. The van der Waals surface area contributed by atoms with Gasteiger partial charge in [-0.05, 0) is 60.6 Å². The summed E-state index contributed by atoms with van der Waals surface area (Å²) in [4.78, 5) is -0.0405. The summed E-state index contributed by atoms with van der Waals surface area (Å²) in [6, 6.07) is 11.7. The van der Waals surface area contributed by atoms with Gasteiger partial charge in [0.1, 0.15) is 17.5 Å². The Balaban J connectivity index is 1.77. The predicted octanol–water partition coefficient (Wildman–Crippen LogP) is 4.80. The molecule has 1 aromatic heterocycles. The van der Waals surface area contributed by atoms with Gasteiger partial charge in [0, 0.05) is 22.0 Å². The standard InChI is InChI=1S/C18H19ClF3N5OS/c1-9(25-12-3-5-16(13(19)8-12)29-18(20,21)22)10-2-4-14-11(6-10)7-15(28-14)17(26-23)27-24/h2-9,17,25-27H,23-24H2,1H3. The Hall–Kier alpha value is -1.95. The van der Waals surface area contributed by atoms with Crippen molar-refractivity contribution in [3.63, 3.8) is 0 Å². The van der Waals surface area contributed by atoms with Crippen LogP contribution in [-0.4, -0.2) is 5.51 Å². The van der Waals surface area contributed by atoms with Gasteiger partial charge < -0.3 is 9.73 Å². The van der Waals surface area contributed by atoms with Crippen LogP contribution in [0.15, 0.2) is 51.8 Å². The third kappa shape index (κ3) is 5.35. The summed E-state index contributed by atoms with van der Waals surface area (Å²) in [7, 11) is 0. The highest BCUT2D eigenvalue weighted by atomic mass is 35.5. The van der Waals surface area contributed by atoms with Crippen LogP contribution >= 0.6 is 23.4 Å². The zero-order valence-electron chi connectivity index (χ0n) is 15.2. The average Bonchev–Trinajstić information content (AvgIpc) is 3.07. The molecule has 0 amide bonds. The van der Waals surface area contributed by atoms with Crippen LogP contribution in [0.3, 0.4) is 0 Å². The number of nitrogens with one attached hydrogen (secondary N) is 3. The van der Waals surface area contributed by atoms with Crippen LogP contribution < -0.4 is 27.9 Å². The van der Waals surface area contributed by atoms with Gasteiger partial charge in [-0.25, -0.2) is 10.9 Å². The number of hydrogen-bond acceptors (Lipinski definition) is 7. The summed E-state index contributed by atoms with van der Waals surface area (Å²) < 4.78 is 43.3. The molecule has 1 atom stereocenters. The Labute approximate surface area is 174 Å². The van der Waals surface area contributed by atoms with E-state index in [9.17, 15) is 13.2 Å². The highest BCUT2D eigenvalue weighted by Gasteiger charge is 2.30. The van der Waals surface area contributed by atoms with E-state index in [2.05, 4.69) is 16.2 Å². The lowest BCUT2D eigenvalue weighted by molar-refractivity contribution is -0.0328. The fraction of sp³-hybridized carbons (Fsp3) is 0.222. The van der Waals surface area contributed by atoms with Crippen LogP contribution in [0.4, 0.5) is 18.9 Å². The van der Waals surface area contributed by atoms with Crippen molar-refractivity contribution in [2.24, 2.45) is 11.7 Å². The Kier molecular flexibility index (Phi) is 6.62. The normalized spacial score (nSPS) is 13.2. The Bertz CT molecular complexity index is 993. The molecule has 0 aliphatic carbocycles. The molecule has 3 aromatic rings. The van der Waals surface area contributed by atoms with Gasteiger partial charge in [0.2, 0.25) is 0 Å². The van der Waals surface area contributed by atoms with Crippen molar-refractivity contribution in [3.05, 3.63) is 58.8 Å². The second-order valence-electron chi connectivity index (χ2n) is 6.27. The topological polar surface area (TPSA) is 101 Å². The van der Waals surface area contributed by atoms with E-state index in [1.165, 1.54) is 12.1 Å². The van der Waals surface area contributed by atoms with E-state index < -0.39 is 11.7 Å². The van der Waals surface area contributed by atoms with Crippen LogP contribution in [0.5, 0.6) is 0 Å². The molecule has 29 heavy (non-hydrogen) atoms. The van der Waals surface area contributed by atoms with E-state index in [-0.39, 0.29) is 27.7 Å². The molecule has 7 N–H and O–H groups in total. The monoisotopic (exact) mass is 445 g/mol. The van der Waals surface area contributed by atoms with Crippen LogP contribution in [0.2, 0.25) is 5.02 Å². The van der Waals surface area contributed by atoms with Crippen molar-refractivity contribution >= 4 is 40.0 Å². The van der Waals surface area contributed by atoms with E-state index in [0.717, 1.165) is 10.9 Å². The summed E-state index contributed by atoms with van der Waals surface area (Å²) in [5.74, 6) is 11.4. The molecular formula is C18H19ClF3N5OS. The first-order valence-corrected chi connectivity index (χ1v) is 9.67. The molecule has 0 saturated carbocycles. The van der Waals surface area contributed by atoms with Crippen LogP contribution in [0.25, 0.3) is 11.0 Å². The van der Waals surface area contributed by atoms with E-state index in [4.69, 9.17) is 27.7 Å². The number of thioether (sulfide) groups is 1. The van der Waals surface area contributed by atoms with Crippen molar-refractivity contribution in [3.8, 4) is 0 Å². The SMILES string of the molecule is CC(Nc1ccc(SC(F)(F)F)c(Cl)c1)c1ccc2oc(C(NN)NN)cc2c1.